The summed E-state index contributed by atoms with van der Waals surface area (Å²) in [7, 11) is 0. The molecule has 4 heteroatoms. The molecule has 1 aromatic heterocycles. The van der Waals surface area contributed by atoms with Crippen LogP contribution in [-0.2, 0) is 16.0 Å². The monoisotopic (exact) mass is 211 g/mol. The van der Waals surface area contributed by atoms with Crippen molar-refractivity contribution in [3.05, 3.63) is 16.6 Å². The summed E-state index contributed by atoms with van der Waals surface area (Å²) >= 11 is 1.52. The zero-order valence-electron chi connectivity index (χ0n) is 8.10. The van der Waals surface area contributed by atoms with Gasteiger partial charge in [-0.25, -0.2) is 0 Å². The number of Topliss-reactive ketones (excluding diaryl/α,β-unsaturated/α-hetero) is 1. The lowest BCUT2D eigenvalue weighted by Gasteiger charge is -2.08. The van der Waals surface area contributed by atoms with E-state index in [4.69, 9.17) is 4.74 Å². The molecular formula is C10H13NO2S. The normalized spacial score (nSPS) is 26.6. The van der Waals surface area contributed by atoms with Gasteiger partial charge in [-0.1, -0.05) is 0 Å². The Morgan fingerprint density at radius 2 is 2.57 bits per heavy atom. The van der Waals surface area contributed by atoms with Crippen LogP contribution in [0, 0.1) is 0 Å². The Morgan fingerprint density at radius 3 is 3.14 bits per heavy atom. The van der Waals surface area contributed by atoms with Gasteiger partial charge in [0.25, 0.3) is 0 Å². The number of hydrogen-bond donors (Lipinski definition) is 0. The first-order valence-electron chi connectivity index (χ1n) is 4.81. The SMILES string of the molecule is CC1CCC(C(=O)Cc2cncs2)O1. The maximum atomic E-state index is 11.7. The van der Waals surface area contributed by atoms with Gasteiger partial charge in [-0.3, -0.25) is 9.78 Å². The van der Waals surface area contributed by atoms with Crippen LogP contribution >= 0.6 is 11.3 Å². The van der Waals surface area contributed by atoms with Crippen molar-refractivity contribution in [1.82, 2.24) is 4.98 Å². The molecule has 0 amide bonds. The molecule has 0 N–H and O–H groups in total. The highest BCUT2D eigenvalue weighted by molar-refractivity contribution is 7.09. The van der Waals surface area contributed by atoms with E-state index >= 15 is 0 Å². The van der Waals surface area contributed by atoms with Crippen molar-refractivity contribution in [3.8, 4) is 0 Å². The van der Waals surface area contributed by atoms with Gasteiger partial charge in [0.05, 0.1) is 11.6 Å². The molecule has 1 aliphatic heterocycles. The third kappa shape index (κ3) is 2.19. The highest BCUT2D eigenvalue weighted by Gasteiger charge is 2.27. The fourth-order valence-corrected chi connectivity index (χ4v) is 2.26. The van der Waals surface area contributed by atoms with E-state index < -0.39 is 0 Å². The number of hydrogen-bond acceptors (Lipinski definition) is 4. The fourth-order valence-electron chi connectivity index (χ4n) is 1.65. The van der Waals surface area contributed by atoms with Gasteiger partial charge in [0.15, 0.2) is 5.78 Å². The predicted molar refractivity (Wildman–Crippen MR) is 54.4 cm³/mol. The highest BCUT2D eigenvalue weighted by Crippen LogP contribution is 2.21. The third-order valence-electron chi connectivity index (χ3n) is 2.42. The van der Waals surface area contributed by atoms with Crippen molar-refractivity contribution in [2.24, 2.45) is 0 Å². The van der Waals surface area contributed by atoms with E-state index in [1.807, 2.05) is 6.92 Å². The molecule has 0 aromatic carbocycles. The van der Waals surface area contributed by atoms with Gasteiger partial charge >= 0.3 is 0 Å². The molecule has 1 aliphatic rings. The summed E-state index contributed by atoms with van der Waals surface area (Å²) in [6.07, 6.45) is 4.17. The minimum atomic E-state index is -0.174. The fraction of sp³-hybridized carbons (Fsp3) is 0.600. The van der Waals surface area contributed by atoms with Gasteiger partial charge in [-0.05, 0) is 19.8 Å². The van der Waals surface area contributed by atoms with Crippen molar-refractivity contribution in [3.63, 3.8) is 0 Å². The number of carbonyl (C=O) groups is 1. The van der Waals surface area contributed by atoms with E-state index in [0.717, 1.165) is 17.7 Å². The molecule has 0 aliphatic carbocycles. The molecular weight excluding hydrogens is 198 g/mol. The average Bonchev–Trinajstić information content (AvgIpc) is 2.75. The molecule has 2 atom stereocenters. The van der Waals surface area contributed by atoms with Crippen LogP contribution in [0.1, 0.15) is 24.6 Å². The van der Waals surface area contributed by atoms with Crippen LogP contribution in [0.3, 0.4) is 0 Å². The standard InChI is InChI=1S/C10H13NO2S/c1-7-2-3-10(13-7)9(12)4-8-5-11-6-14-8/h5-7,10H,2-4H2,1H3. The van der Waals surface area contributed by atoms with E-state index in [1.54, 1.807) is 11.7 Å². The number of ether oxygens (including phenoxy) is 1. The van der Waals surface area contributed by atoms with Crippen molar-refractivity contribution >= 4 is 17.1 Å². The zero-order chi connectivity index (χ0) is 9.97. The van der Waals surface area contributed by atoms with E-state index in [1.165, 1.54) is 11.3 Å². The average molecular weight is 211 g/mol. The van der Waals surface area contributed by atoms with E-state index in [2.05, 4.69) is 4.98 Å². The highest BCUT2D eigenvalue weighted by atomic mass is 32.1. The van der Waals surface area contributed by atoms with Crippen molar-refractivity contribution in [2.75, 3.05) is 0 Å². The number of aromatic nitrogens is 1. The molecule has 0 spiro atoms. The number of carbonyl (C=O) groups excluding carboxylic acids is 1. The lowest BCUT2D eigenvalue weighted by atomic mass is 10.1. The van der Waals surface area contributed by atoms with E-state index in [0.29, 0.717) is 6.42 Å². The van der Waals surface area contributed by atoms with Crippen LogP contribution in [0.25, 0.3) is 0 Å². The molecule has 2 heterocycles. The van der Waals surface area contributed by atoms with Gasteiger partial charge < -0.3 is 4.74 Å². The van der Waals surface area contributed by atoms with E-state index in [-0.39, 0.29) is 18.0 Å². The first kappa shape index (κ1) is 9.80. The van der Waals surface area contributed by atoms with Crippen LogP contribution in [0.15, 0.2) is 11.7 Å². The first-order valence-corrected chi connectivity index (χ1v) is 5.69. The molecule has 76 valence electrons. The molecule has 0 bridgehead atoms. The summed E-state index contributed by atoms with van der Waals surface area (Å²) in [5, 5.41) is 0. The lowest BCUT2D eigenvalue weighted by Crippen LogP contribution is -2.22. The lowest BCUT2D eigenvalue weighted by molar-refractivity contribution is -0.128. The van der Waals surface area contributed by atoms with Gasteiger partial charge in [-0.15, -0.1) is 11.3 Å². The topological polar surface area (TPSA) is 39.2 Å². The van der Waals surface area contributed by atoms with Crippen molar-refractivity contribution in [1.29, 1.82) is 0 Å². The summed E-state index contributed by atoms with van der Waals surface area (Å²) in [5.74, 6) is 0.193. The molecule has 1 fully saturated rings. The van der Waals surface area contributed by atoms with Crippen molar-refractivity contribution < 1.29 is 9.53 Å². The zero-order valence-corrected chi connectivity index (χ0v) is 8.92. The quantitative estimate of drug-likeness (QED) is 0.765. The number of thiazole rings is 1. The molecule has 1 aromatic rings. The summed E-state index contributed by atoms with van der Waals surface area (Å²) in [5.41, 5.74) is 1.75. The second-order valence-electron chi connectivity index (χ2n) is 3.62. The minimum absolute atomic E-state index is 0.174. The second kappa shape index (κ2) is 4.19. The van der Waals surface area contributed by atoms with Gasteiger partial charge in [0.1, 0.15) is 6.10 Å². The van der Waals surface area contributed by atoms with Crippen LogP contribution < -0.4 is 0 Å². The minimum Gasteiger partial charge on any atom is -0.367 e. The van der Waals surface area contributed by atoms with Gasteiger partial charge in [0, 0.05) is 17.5 Å². The molecule has 0 radical (unpaired) electrons. The summed E-state index contributed by atoms with van der Waals surface area (Å²) < 4.78 is 5.51. The molecule has 3 nitrogen and oxygen atoms in total. The summed E-state index contributed by atoms with van der Waals surface area (Å²) in [6.45, 7) is 2.01. The summed E-state index contributed by atoms with van der Waals surface area (Å²) in [4.78, 5) is 16.7. The molecule has 14 heavy (non-hydrogen) atoms. The number of nitrogens with zero attached hydrogens (tertiary/aromatic N) is 1. The van der Waals surface area contributed by atoms with Gasteiger partial charge in [0.2, 0.25) is 0 Å². The van der Waals surface area contributed by atoms with E-state index in [9.17, 15) is 4.79 Å². The number of ketones is 1. The number of rotatable bonds is 3. The van der Waals surface area contributed by atoms with Gasteiger partial charge in [-0.2, -0.15) is 0 Å². The Kier molecular flexibility index (Phi) is 2.93. The first-order chi connectivity index (χ1) is 6.75. The predicted octanol–water partition coefficient (Wildman–Crippen LogP) is 1.82. The van der Waals surface area contributed by atoms with Crippen LogP contribution in [-0.4, -0.2) is 23.0 Å². The summed E-state index contributed by atoms with van der Waals surface area (Å²) in [6, 6.07) is 0. The Morgan fingerprint density at radius 1 is 1.71 bits per heavy atom. The van der Waals surface area contributed by atoms with Crippen molar-refractivity contribution in [2.45, 2.75) is 38.4 Å². The van der Waals surface area contributed by atoms with Crippen LogP contribution in [0.5, 0.6) is 0 Å². The third-order valence-corrected chi connectivity index (χ3v) is 3.20. The molecule has 2 unspecified atom stereocenters. The Labute approximate surface area is 87.1 Å². The molecule has 0 saturated carbocycles. The van der Waals surface area contributed by atoms with Crippen LogP contribution in [0.2, 0.25) is 0 Å². The Bertz CT molecular complexity index is 310. The maximum Gasteiger partial charge on any atom is 0.166 e. The second-order valence-corrected chi connectivity index (χ2v) is 4.59. The maximum absolute atomic E-state index is 11.7. The largest absolute Gasteiger partial charge is 0.367 e. The molecule has 2 rings (SSSR count). The Hall–Kier alpha value is -0.740. The smallest absolute Gasteiger partial charge is 0.166 e. The van der Waals surface area contributed by atoms with Crippen LogP contribution in [0.4, 0.5) is 0 Å². The Balaban J connectivity index is 1.90. The molecule has 1 saturated heterocycles.